The van der Waals surface area contributed by atoms with E-state index in [4.69, 9.17) is 0 Å². The Morgan fingerprint density at radius 1 is 1.33 bits per heavy atom. The lowest BCUT2D eigenvalue weighted by Crippen LogP contribution is -2.38. The number of H-pyrrole nitrogens is 1. The number of aromatic amines is 1. The molecule has 0 aliphatic heterocycles. The summed E-state index contributed by atoms with van der Waals surface area (Å²) in [5.74, 6) is 0.300. The molecule has 21 heavy (non-hydrogen) atoms. The van der Waals surface area contributed by atoms with Gasteiger partial charge in [0.2, 0.25) is 0 Å². The van der Waals surface area contributed by atoms with Crippen LogP contribution in [0.15, 0.2) is 18.2 Å². The molecule has 1 atom stereocenters. The van der Waals surface area contributed by atoms with Crippen LogP contribution in [-0.2, 0) is 0 Å². The van der Waals surface area contributed by atoms with E-state index in [2.05, 4.69) is 24.1 Å². The van der Waals surface area contributed by atoms with E-state index >= 15 is 0 Å². The van der Waals surface area contributed by atoms with E-state index in [1.807, 2.05) is 32.0 Å². The molecular weight excluding hydrogens is 264 g/mol. The Hall–Kier alpha value is -1.81. The number of aryl methyl sites for hydroxylation is 2. The first-order valence-electron chi connectivity index (χ1n) is 7.43. The number of nitrogens with one attached hydrogen (secondary N) is 2. The number of aromatic nitrogens is 1. The fraction of sp³-hybridized carbons (Fsp3) is 0.471. The minimum absolute atomic E-state index is 0.0333. The van der Waals surface area contributed by atoms with Gasteiger partial charge in [-0.1, -0.05) is 13.8 Å². The molecule has 2 aromatic rings. The number of aliphatic hydroxyl groups excluding tert-OH is 1. The Balaban J connectivity index is 2.21. The Labute approximate surface area is 125 Å². The van der Waals surface area contributed by atoms with Crippen LogP contribution < -0.4 is 5.32 Å². The predicted octanol–water partition coefficient (Wildman–Crippen LogP) is 2.92. The molecule has 0 bridgehead atoms. The van der Waals surface area contributed by atoms with Crippen LogP contribution in [0.3, 0.4) is 0 Å². The van der Waals surface area contributed by atoms with Crippen LogP contribution in [0.1, 0.15) is 41.9 Å². The zero-order valence-corrected chi connectivity index (χ0v) is 13.2. The molecule has 0 fully saturated rings. The lowest BCUT2D eigenvalue weighted by atomic mass is 10.0. The van der Waals surface area contributed by atoms with Crippen molar-refractivity contribution in [3.63, 3.8) is 0 Å². The maximum absolute atomic E-state index is 12.3. The van der Waals surface area contributed by atoms with Crippen molar-refractivity contribution in [2.75, 3.05) is 6.61 Å². The minimum atomic E-state index is -0.192. The van der Waals surface area contributed by atoms with Crippen LogP contribution in [0, 0.1) is 19.8 Å². The van der Waals surface area contributed by atoms with Crippen molar-refractivity contribution in [1.82, 2.24) is 10.3 Å². The third kappa shape index (κ3) is 3.45. The first-order chi connectivity index (χ1) is 9.92. The molecule has 1 aromatic heterocycles. The molecule has 1 unspecified atom stereocenters. The maximum atomic E-state index is 12.3. The van der Waals surface area contributed by atoms with Crippen LogP contribution in [0.5, 0.6) is 0 Å². The number of amides is 1. The van der Waals surface area contributed by atoms with E-state index in [1.54, 1.807) is 0 Å². The topological polar surface area (TPSA) is 65.1 Å². The van der Waals surface area contributed by atoms with Gasteiger partial charge in [0, 0.05) is 22.2 Å². The van der Waals surface area contributed by atoms with Gasteiger partial charge in [0.05, 0.1) is 12.6 Å². The summed E-state index contributed by atoms with van der Waals surface area (Å²) >= 11 is 0. The van der Waals surface area contributed by atoms with Crippen LogP contribution >= 0.6 is 0 Å². The monoisotopic (exact) mass is 288 g/mol. The minimum Gasteiger partial charge on any atom is -0.394 e. The fourth-order valence-corrected chi connectivity index (χ4v) is 2.62. The Kier molecular flexibility index (Phi) is 4.68. The van der Waals surface area contributed by atoms with E-state index in [0.29, 0.717) is 11.5 Å². The van der Waals surface area contributed by atoms with Crippen molar-refractivity contribution in [3.05, 3.63) is 35.0 Å². The van der Waals surface area contributed by atoms with E-state index in [0.717, 1.165) is 23.0 Å². The molecule has 0 aliphatic rings. The average molecular weight is 288 g/mol. The van der Waals surface area contributed by atoms with Gasteiger partial charge in [-0.25, -0.2) is 0 Å². The number of rotatable bonds is 5. The zero-order valence-electron chi connectivity index (χ0n) is 13.2. The molecule has 1 heterocycles. The normalized spacial score (nSPS) is 12.9. The molecule has 0 saturated carbocycles. The number of fused-ring (bicyclic) bond motifs is 1. The van der Waals surface area contributed by atoms with E-state index in [-0.39, 0.29) is 18.6 Å². The van der Waals surface area contributed by atoms with Gasteiger partial charge < -0.3 is 15.4 Å². The van der Waals surface area contributed by atoms with Crippen molar-refractivity contribution in [1.29, 1.82) is 0 Å². The highest BCUT2D eigenvalue weighted by atomic mass is 16.3. The zero-order chi connectivity index (χ0) is 15.6. The number of benzene rings is 1. The van der Waals surface area contributed by atoms with Crippen LogP contribution in [-0.4, -0.2) is 28.6 Å². The Bertz CT molecular complexity index is 644. The average Bonchev–Trinajstić information content (AvgIpc) is 2.72. The summed E-state index contributed by atoms with van der Waals surface area (Å²) in [6, 6.07) is 5.47. The third-order valence-corrected chi connectivity index (χ3v) is 3.88. The van der Waals surface area contributed by atoms with E-state index in [1.165, 1.54) is 5.56 Å². The van der Waals surface area contributed by atoms with Crippen molar-refractivity contribution >= 4 is 16.8 Å². The van der Waals surface area contributed by atoms with Crippen molar-refractivity contribution in [2.24, 2.45) is 5.92 Å². The molecule has 4 nitrogen and oxygen atoms in total. The van der Waals surface area contributed by atoms with Gasteiger partial charge in [-0.2, -0.15) is 0 Å². The molecule has 0 saturated heterocycles. The standard InChI is InChI=1S/C17H24N2O2/c1-10(2)7-14(9-20)19-17(21)13-5-6-16-15(8-13)11(3)12(4)18-16/h5-6,8,10,14,18,20H,7,9H2,1-4H3,(H,19,21). The summed E-state index contributed by atoms with van der Waals surface area (Å²) in [5.41, 5.74) is 3.96. The number of carbonyl (C=O) groups excluding carboxylic acids is 1. The third-order valence-electron chi connectivity index (χ3n) is 3.88. The number of hydrogen-bond acceptors (Lipinski definition) is 2. The summed E-state index contributed by atoms with van der Waals surface area (Å²) in [6.45, 7) is 8.19. The summed E-state index contributed by atoms with van der Waals surface area (Å²) in [4.78, 5) is 15.6. The molecular formula is C17H24N2O2. The highest BCUT2D eigenvalue weighted by Gasteiger charge is 2.15. The van der Waals surface area contributed by atoms with Gasteiger partial charge in [0.15, 0.2) is 0 Å². The molecule has 3 N–H and O–H groups in total. The number of carbonyl (C=O) groups is 1. The lowest BCUT2D eigenvalue weighted by Gasteiger charge is -2.18. The SMILES string of the molecule is Cc1[nH]c2ccc(C(=O)NC(CO)CC(C)C)cc2c1C. The first kappa shape index (κ1) is 15.6. The van der Waals surface area contributed by atoms with Gasteiger partial charge in [-0.15, -0.1) is 0 Å². The molecule has 0 radical (unpaired) electrons. The van der Waals surface area contributed by atoms with Gasteiger partial charge in [-0.3, -0.25) is 4.79 Å². The molecule has 1 amide bonds. The highest BCUT2D eigenvalue weighted by molar-refractivity contribution is 5.99. The van der Waals surface area contributed by atoms with Crippen molar-refractivity contribution < 1.29 is 9.90 Å². The van der Waals surface area contributed by atoms with Crippen molar-refractivity contribution in [3.8, 4) is 0 Å². The molecule has 114 valence electrons. The molecule has 4 heteroatoms. The Morgan fingerprint density at radius 2 is 2.05 bits per heavy atom. The largest absolute Gasteiger partial charge is 0.394 e. The summed E-state index contributed by atoms with van der Waals surface area (Å²) < 4.78 is 0. The van der Waals surface area contributed by atoms with Crippen LogP contribution in [0.25, 0.3) is 10.9 Å². The van der Waals surface area contributed by atoms with Gasteiger partial charge in [0.25, 0.3) is 5.91 Å². The van der Waals surface area contributed by atoms with Gasteiger partial charge in [-0.05, 0) is 49.9 Å². The summed E-state index contributed by atoms with van der Waals surface area (Å²) in [5, 5.41) is 13.3. The fourth-order valence-electron chi connectivity index (χ4n) is 2.62. The molecule has 0 spiro atoms. The van der Waals surface area contributed by atoms with Crippen LogP contribution in [0.4, 0.5) is 0 Å². The summed E-state index contributed by atoms with van der Waals surface area (Å²) in [7, 11) is 0. The van der Waals surface area contributed by atoms with E-state index in [9.17, 15) is 9.90 Å². The number of hydrogen-bond donors (Lipinski definition) is 3. The van der Waals surface area contributed by atoms with Gasteiger partial charge in [0.1, 0.15) is 0 Å². The van der Waals surface area contributed by atoms with E-state index < -0.39 is 0 Å². The van der Waals surface area contributed by atoms with Crippen molar-refractivity contribution in [2.45, 2.75) is 40.2 Å². The molecule has 1 aromatic carbocycles. The predicted molar refractivity (Wildman–Crippen MR) is 85.6 cm³/mol. The smallest absolute Gasteiger partial charge is 0.251 e. The highest BCUT2D eigenvalue weighted by Crippen LogP contribution is 2.22. The second-order valence-corrected chi connectivity index (χ2v) is 6.12. The van der Waals surface area contributed by atoms with Crippen LogP contribution in [0.2, 0.25) is 0 Å². The molecule has 2 rings (SSSR count). The molecule has 0 aliphatic carbocycles. The second kappa shape index (κ2) is 6.31. The Morgan fingerprint density at radius 3 is 2.67 bits per heavy atom. The van der Waals surface area contributed by atoms with Gasteiger partial charge >= 0.3 is 0 Å². The number of aliphatic hydroxyl groups is 1. The second-order valence-electron chi connectivity index (χ2n) is 6.12. The lowest BCUT2D eigenvalue weighted by molar-refractivity contribution is 0.0908. The maximum Gasteiger partial charge on any atom is 0.251 e. The summed E-state index contributed by atoms with van der Waals surface area (Å²) in [6.07, 6.45) is 0.771. The quantitative estimate of drug-likeness (QED) is 0.792. The first-order valence-corrected chi connectivity index (χ1v) is 7.43.